The maximum atomic E-state index is 6.77. The van der Waals surface area contributed by atoms with Gasteiger partial charge in [-0.3, -0.25) is 0 Å². The predicted octanol–water partition coefficient (Wildman–Crippen LogP) is 19.2. The Morgan fingerprint density at radius 2 is 0.551 bits per heavy atom. The molecule has 0 atom stereocenters. The molecular formula is C64H50N2O3. The van der Waals surface area contributed by atoms with E-state index in [2.05, 4.69) is 245 Å². The highest BCUT2D eigenvalue weighted by Gasteiger charge is 2.22. The van der Waals surface area contributed by atoms with E-state index in [1.165, 1.54) is 32.7 Å². The van der Waals surface area contributed by atoms with E-state index >= 15 is 0 Å². The Hall–Kier alpha value is -8.28. The summed E-state index contributed by atoms with van der Waals surface area (Å²) in [5.41, 5.74) is 13.9. The maximum Gasteiger partial charge on any atom is 0.137 e. The second-order valence-electron chi connectivity index (χ2n) is 20.7. The van der Waals surface area contributed by atoms with Crippen molar-refractivity contribution >= 4 is 121 Å². The standard InChI is InChI=1S/C64H50N2O3/c1-63(2,3)43-17-23-45(24-18-43)65(47-21-15-39-11-7-9-13-41(39)31-47)49-27-29-51-53-35-61-55(37-59(53)67-57(51)33-49)56-38-60-54(36-62(56)69-61)52-30-28-50(34-58(52)68-60)66(46-25-19-44(20-26-46)64(4,5)6)48-22-16-40-12-8-10-14-42(40)32-48/h7-38H,1-6H3. The van der Waals surface area contributed by atoms with Crippen LogP contribution >= 0.6 is 0 Å². The molecule has 0 radical (unpaired) electrons. The molecule has 0 aliphatic rings. The Labute approximate surface area is 400 Å². The number of rotatable bonds is 6. The zero-order chi connectivity index (χ0) is 46.8. The minimum absolute atomic E-state index is 0.0497. The minimum atomic E-state index is 0.0497. The van der Waals surface area contributed by atoms with Crippen LogP contribution in [0.1, 0.15) is 52.7 Å². The predicted molar refractivity (Wildman–Crippen MR) is 290 cm³/mol. The first kappa shape index (κ1) is 41.0. The van der Waals surface area contributed by atoms with Gasteiger partial charge in [-0.2, -0.15) is 0 Å². The fourth-order valence-corrected chi connectivity index (χ4v) is 10.3. The summed E-state index contributed by atoms with van der Waals surface area (Å²) >= 11 is 0. The molecule has 0 spiro atoms. The van der Waals surface area contributed by atoms with Crippen LogP contribution in [0.3, 0.4) is 0 Å². The Balaban J connectivity index is 0.897. The average Bonchev–Trinajstić information content (AvgIpc) is 4.01. The summed E-state index contributed by atoms with van der Waals surface area (Å²) in [6.45, 7) is 13.5. The lowest BCUT2D eigenvalue weighted by Crippen LogP contribution is -2.13. The summed E-state index contributed by atoms with van der Waals surface area (Å²) in [6, 6.07) is 69.8. The van der Waals surface area contributed by atoms with Crippen LogP contribution in [0.25, 0.3) is 87.4 Å². The third-order valence-electron chi connectivity index (χ3n) is 14.1. The van der Waals surface area contributed by atoms with E-state index in [-0.39, 0.29) is 10.8 Å². The monoisotopic (exact) mass is 894 g/mol. The Bertz CT molecular complexity index is 3890. The molecule has 0 bridgehead atoms. The van der Waals surface area contributed by atoms with Crippen LogP contribution in [0.5, 0.6) is 0 Å². The molecule has 10 aromatic carbocycles. The Morgan fingerprint density at radius 3 is 0.913 bits per heavy atom. The van der Waals surface area contributed by atoms with Gasteiger partial charge in [0, 0.05) is 78.6 Å². The number of hydrogen-bond donors (Lipinski definition) is 0. The molecule has 0 saturated carbocycles. The summed E-state index contributed by atoms with van der Waals surface area (Å²) in [7, 11) is 0. The molecule has 334 valence electrons. The Kier molecular flexibility index (Phi) is 8.97. The van der Waals surface area contributed by atoms with Crippen LogP contribution in [-0.2, 0) is 10.8 Å². The largest absolute Gasteiger partial charge is 0.456 e. The zero-order valence-electron chi connectivity index (χ0n) is 39.6. The summed E-state index contributed by atoms with van der Waals surface area (Å²) in [5.74, 6) is 0. The van der Waals surface area contributed by atoms with Gasteiger partial charge in [-0.25, -0.2) is 0 Å². The van der Waals surface area contributed by atoms with Crippen molar-refractivity contribution in [2.24, 2.45) is 0 Å². The second kappa shape index (κ2) is 15.1. The van der Waals surface area contributed by atoms with Crippen molar-refractivity contribution in [3.8, 4) is 0 Å². The van der Waals surface area contributed by atoms with Gasteiger partial charge in [0.15, 0.2) is 0 Å². The van der Waals surface area contributed by atoms with Gasteiger partial charge < -0.3 is 23.1 Å². The van der Waals surface area contributed by atoms with Crippen LogP contribution in [-0.4, -0.2) is 0 Å². The summed E-state index contributed by atoms with van der Waals surface area (Å²) in [5, 5.41) is 10.9. The van der Waals surface area contributed by atoms with E-state index in [1.54, 1.807) is 0 Å². The average molecular weight is 895 g/mol. The van der Waals surface area contributed by atoms with E-state index in [4.69, 9.17) is 13.3 Å². The van der Waals surface area contributed by atoms with E-state index < -0.39 is 0 Å². The number of anilines is 6. The number of nitrogens with zero attached hydrogens (tertiary/aromatic N) is 2. The quantitative estimate of drug-likeness (QED) is 0.166. The van der Waals surface area contributed by atoms with Gasteiger partial charge in [-0.1, -0.05) is 126 Å². The molecule has 0 amide bonds. The molecule has 0 saturated heterocycles. The summed E-state index contributed by atoms with van der Waals surface area (Å²) in [4.78, 5) is 4.63. The molecule has 0 unspecified atom stereocenters. The molecule has 0 N–H and O–H groups in total. The van der Waals surface area contributed by atoms with Gasteiger partial charge in [0.05, 0.1) is 0 Å². The van der Waals surface area contributed by atoms with E-state index in [1.807, 2.05) is 0 Å². The third kappa shape index (κ3) is 6.91. The molecule has 69 heavy (non-hydrogen) atoms. The topological polar surface area (TPSA) is 45.9 Å². The molecular weight excluding hydrogens is 845 g/mol. The molecule has 0 aliphatic carbocycles. The van der Waals surface area contributed by atoms with Crippen LogP contribution in [0.4, 0.5) is 34.1 Å². The SMILES string of the molecule is CC(C)(C)c1ccc(N(c2ccc3ccccc3c2)c2ccc3c(c2)oc2cc4c(cc23)oc2cc3c(cc24)oc2cc(N(c4ccc(C(C)(C)C)cc4)c4ccc5ccccc5c4)ccc23)cc1. The first-order valence-electron chi connectivity index (χ1n) is 23.9. The van der Waals surface area contributed by atoms with Gasteiger partial charge in [0.2, 0.25) is 0 Å². The zero-order valence-corrected chi connectivity index (χ0v) is 39.6. The lowest BCUT2D eigenvalue weighted by Gasteiger charge is -2.27. The van der Waals surface area contributed by atoms with Crippen LogP contribution in [0.15, 0.2) is 207 Å². The van der Waals surface area contributed by atoms with E-state index in [0.29, 0.717) is 0 Å². The van der Waals surface area contributed by atoms with E-state index in [9.17, 15) is 0 Å². The minimum Gasteiger partial charge on any atom is -0.456 e. The summed E-state index contributed by atoms with van der Waals surface area (Å²) < 4.78 is 20.2. The Morgan fingerprint density at radius 1 is 0.261 bits per heavy atom. The summed E-state index contributed by atoms with van der Waals surface area (Å²) in [6.07, 6.45) is 0. The normalized spacial score (nSPS) is 12.5. The van der Waals surface area contributed by atoms with Crippen molar-refractivity contribution < 1.29 is 13.3 Å². The molecule has 0 fully saturated rings. The number of hydrogen-bond acceptors (Lipinski definition) is 5. The highest BCUT2D eigenvalue weighted by Crippen LogP contribution is 2.45. The van der Waals surface area contributed by atoms with Gasteiger partial charge in [-0.05, 0) is 141 Å². The first-order valence-corrected chi connectivity index (χ1v) is 23.9. The highest BCUT2D eigenvalue weighted by molar-refractivity contribution is 6.19. The van der Waals surface area contributed by atoms with Crippen molar-refractivity contribution in [3.05, 3.63) is 205 Å². The van der Waals surface area contributed by atoms with Gasteiger partial charge >= 0.3 is 0 Å². The highest BCUT2D eigenvalue weighted by atomic mass is 16.3. The van der Waals surface area contributed by atoms with E-state index in [0.717, 1.165) is 99.9 Å². The second-order valence-corrected chi connectivity index (χ2v) is 20.7. The van der Waals surface area contributed by atoms with Crippen molar-refractivity contribution in [1.82, 2.24) is 0 Å². The molecule has 5 nitrogen and oxygen atoms in total. The van der Waals surface area contributed by atoms with Crippen molar-refractivity contribution in [2.45, 2.75) is 52.4 Å². The number of benzene rings is 10. The van der Waals surface area contributed by atoms with Crippen LogP contribution < -0.4 is 9.80 Å². The van der Waals surface area contributed by atoms with Crippen LogP contribution in [0, 0.1) is 0 Å². The molecule has 13 aromatic rings. The lowest BCUT2D eigenvalue weighted by molar-refractivity contribution is 0.590. The maximum absolute atomic E-state index is 6.77. The van der Waals surface area contributed by atoms with Crippen molar-refractivity contribution in [1.29, 1.82) is 0 Å². The number of fused-ring (bicyclic) bond motifs is 11. The molecule has 13 rings (SSSR count). The van der Waals surface area contributed by atoms with Gasteiger partial charge in [0.25, 0.3) is 0 Å². The molecule has 3 heterocycles. The van der Waals surface area contributed by atoms with Crippen molar-refractivity contribution in [2.75, 3.05) is 9.80 Å². The van der Waals surface area contributed by atoms with Gasteiger partial charge in [0.1, 0.15) is 33.5 Å². The fraction of sp³-hybridized carbons (Fsp3) is 0.125. The molecule has 5 heteroatoms. The van der Waals surface area contributed by atoms with Gasteiger partial charge in [-0.15, -0.1) is 0 Å². The van der Waals surface area contributed by atoms with Crippen molar-refractivity contribution in [3.63, 3.8) is 0 Å². The van der Waals surface area contributed by atoms with Crippen LogP contribution in [0.2, 0.25) is 0 Å². The first-order chi connectivity index (χ1) is 33.4. The number of furan rings is 3. The fourth-order valence-electron chi connectivity index (χ4n) is 10.3. The molecule has 0 aliphatic heterocycles. The third-order valence-corrected chi connectivity index (χ3v) is 14.1. The molecule has 3 aromatic heterocycles. The lowest BCUT2D eigenvalue weighted by atomic mass is 9.87. The smallest absolute Gasteiger partial charge is 0.137 e.